The average molecular weight is 343 g/mol. The third kappa shape index (κ3) is 3.89. The minimum atomic E-state index is -1.73. The van der Waals surface area contributed by atoms with Crippen molar-refractivity contribution in [3.63, 3.8) is 0 Å². The van der Waals surface area contributed by atoms with Gasteiger partial charge >= 0.3 is 0 Å². The maximum atomic E-state index is 13.4. The van der Waals surface area contributed by atoms with E-state index in [1.165, 1.54) is 0 Å². The van der Waals surface area contributed by atoms with Gasteiger partial charge in [-0.1, -0.05) is 0 Å². The number of likely N-dealkylation sites (tertiary alicyclic amines) is 1. The van der Waals surface area contributed by atoms with Crippen molar-refractivity contribution in [3.8, 4) is 0 Å². The Kier molecular flexibility index (Phi) is 5.17. The predicted molar refractivity (Wildman–Crippen MR) is 73.9 cm³/mol. The molecule has 0 radical (unpaired) electrons. The maximum absolute atomic E-state index is 13.4. The fourth-order valence-electron chi connectivity index (χ4n) is 1.99. The molecule has 0 saturated carbocycles. The van der Waals surface area contributed by atoms with Crippen LogP contribution in [-0.4, -0.2) is 41.6 Å². The summed E-state index contributed by atoms with van der Waals surface area (Å²) in [7, 11) is 0. The van der Waals surface area contributed by atoms with Crippen molar-refractivity contribution in [2.75, 3.05) is 18.4 Å². The van der Waals surface area contributed by atoms with Gasteiger partial charge in [0.25, 0.3) is 0 Å². The van der Waals surface area contributed by atoms with E-state index in [-0.39, 0.29) is 12.8 Å². The lowest BCUT2D eigenvalue weighted by Crippen LogP contribution is -2.42. The molecule has 2 N–H and O–H groups in total. The monoisotopic (exact) mass is 343 g/mol. The Bertz CT molecular complexity index is 707. The highest BCUT2D eigenvalue weighted by atomic mass is 19.2. The van der Waals surface area contributed by atoms with Crippen molar-refractivity contribution >= 4 is 29.3 Å². The summed E-state index contributed by atoms with van der Waals surface area (Å²) in [5.74, 6) is -7.33. The summed E-state index contributed by atoms with van der Waals surface area (Å²) in [5.41, 5.74) is -0.585. The Morgan fingerprint density at radius 3 is 2.25 bits per heavy atom. The Hall–Kier alpha value is -2.91. The summed E-state index contributed by atoms with van der Waals surface area (Å²) in [6.07, 6.45) is 0.0595. The molecule has 1 heterocycles. The molecule has 1 aliphatic rings. The van der Waals surface area contributed by atoms with Crippen LogP contribution in [0.25, 0.3) is 0 Å². The van der Waals surface area contributed by atoms with E-state index in [1.54, 1.807) is 0 Å². The highest BCUT2D eigenvalue weighted by Gasteiger charge is 2.30. The number of imide groups is 1. The van der Waals surface area contributed by atoms with Crippen LogP contribution in [0.4, 0.5) is 18.9 Å². The minimum absolute atomic E-state index is 0.0298. The number of carbonyl (C=O) groups excluding carboxylic acids is 4. The molecule has 0 unspecified atom stereocenters. The smallest absolute Gasteiger partial charge is 0.243 e. The second-order valence-electron chi connectivity index (χ2n) is 4.92. The first kappa shape index (κ1) is 17.4. The second-order valence-corrected chi connectivity index (χ2v) is 4.92. The zero-order valence-corrected chi connectivity index (χ0v) is 12.2. The Labute approximate surface area is 133 Å². The molecule has 2 rings (SSSR count). The molecular formula is C14H12F3N3O4. The lowest BCUT2D eigenvalue weighted by atomic mass is 10.2. The van der Waals surface area contributed by atoms with E-state index in [0.29, 0.717) is 6.07 Å². The zero-order valence-electron chi connectivity index (χ0n) is 12.2. The van der Waals surface area contributed by atoms with E-state index in [4.69, 9.17) is 0 Å². The van der Waals surface area contributed by atoms with E-state index >= 15 is 0 Å². The summed E-state index contributed by atoms with van der Waals surface area (Å²) in [4.78, 5) is 46.6. The number of rotatable bonds is 5. The molecule has 1 aliphatic heterocycles. The van der Waals surface area contributed by atoms with E-state index < -0.39 is 59.9 Å². The molecule has 0 spiro atoms. The Balaban J connectivity index is 1.85. The van der Waals surface area contributed by atoms with Crippen LogP contribution in [0, 0.1) is 17.5 Å². The van der Waals surface area contributed by atoms with Crippen LogP contribution in [0.1, 0.15) is 12.8 Å². The molecule has 128 valence electrons. The first-order valence-electron chi connectivity index (χ1n) is 6.83. The molecule has 24 heavy (non-hydrogen) atoms. The van der Waals surface area contributed by atoms with Crippen molar-refractivity contribution in [3.05, 3.63) is 29.6 Å². The molecule has 4 amide bonds. The van der Waals surface area contributed by atoms with Crippen LogP contribution in [0.3, 0.4) is 0 Å². The summed E-state index contributed by atoms with van der Waals surface area (Å²) in [6, 6.07) is 1.46. The third-order valence-corrected chi connectivity index (χ3v) is 3.21. The molecule has 0 bridgehead atoms. The Morgan fingerprint density at radius 2 is 1.62 bits per heavy atom. The molecule has 7 nitrogen and oxygen atoms in total. The van der Waals surface area contributed by atoms with Crippen molar-refractivity contribution < 1.29 is 32.3 Å². The first-order chi connectivity index (χ1) is 11.3. The quantitative estimate of drug-likeness (QED) is 0.594. The van der Waals surface area contributed by atoms with Gasteiger partial charge in [0.15, 0.2) is 17.5 Å². The summed E-state index contributed by atoms with van der Waals surface area (Å²) in [5, 5.41) is 4.09. The minimum Gasteiger partial charge on any atom is -0.345 e. The van der Waals surface area contributed by atoms with Crippen molar-refractivity contribution in [1.29, 1.82) is 0 Å². The van der Waals surface area contributed by atoms with Gasteiger partial charge in [0.1, 0.15) is 6.54 Å². The van der Waals surface area contributed by atoms with Crippen LogP contribution in [0.2, 0.25) is 0 Å². The lowest BCUT2D eigenvalue weighted by molar-refractivity contribution is -0.142. The molecule has 1 saturated heterocycles. The lowest BCUT2D eigenvalue weighted by Gasteiger charge is -2.13. The van der Waals surface area contributed by atoms with Gasteiger partial charge in [-0.2, -0.15) is 0 Å². The van der Waals surface area contributed by atoms with Crippen molar-refractivity contribution in [2.45, 2.75) is 12.8 Å². The molecule has 1 aromatic rings. The number of nitrogens with one attached hydrogen (secondary N) is 2. The maximum Gasteiger partial charge on any atom is 0.243 e. The highest BCUT2D eigenvalue weighted by molar-refractivity contribution is 6.04. The number of amides is 4. The average Bonchev–Trinajstić information content (AvgIpc) is 2.85. The number of anilines is 1. The SMILES string of the molecule is O=C(CN1C(=O)CCC1=O)NCC(=O)Nc1ccc(F)c(F)c1F. The van der Waals surface area contributed by atoms with Gasteiger partial charge in [0.05, 0.1) is 12.2 Å². The summed E-state index contributed by atoms with van der Waals surface area (Å²) >= 11 is 0. The van der Waals surface area contributed by atoms with E-state index in [9.17, 15) is 32.3 Å². The van der Waals surface area contributed by atoms with E-state index in [2.05, 4.69) is 5.32 Å². The summed E-state index contributed by atoms with van der Waals surface area (Å²) in [6.45, 7) is -1.13. The number of nitrogens with zero attached hydrogens (tertiary/aromatic N) is 1. The van der Waals surface area contributed by atoms with Crippen LogP contribution in [-0.2, 0) is 19.2 Å². The van der Waals surface area contributed by atoms with Crippen LogP contribution in [0.5, 0.6) is 0 Å². The van der Waals surface area contributed by atoms with E-state index in [0.717, 1.165) is 11.0 Å². The normalized spacial score (nSPS) is 14.0. The van der Waals surface area contributed by atoms with E-state index in [1.807, 2.05) is 5.32 Å². The first-order valence-corrected chi connectivity index (χ1v) is 6.83. The molecule has 1 aromatic carbocycles. The number of halogens is 3. The number of carbonyl (C=O) groups is 4. The topological polar surface area (TPSA) is 95.6 Å². The molecular weight excluding hydrogens is 331 g/mol. The molecule has 1 fully saturated rings. The molecule has 0 aliphatic carbocycles. The number of hydrogen-bond acceptors (Lipinski definition) is 4. The van der Waals surface area contributed by atoms with Gasteiger partial charge in [0, 0.05) is 12.8 Å². The molecule has 0 atom stereocenters. The molecule has 10 heteroatoms. The van der Waals surface area contributed by atoms with Crippen molar-refractivity contribution in [2.24, 2.45) is 0 Å². The predicted octanol–water partition coefficient (Wildman–Crippen LogP) is 0.308. The standard InChI is InChI=1S/C14H12F3N3O4/c15-7-1-2-8(14(17)13(7)16)19-9(21)5-18-10(22)6-20-11(23)3-4-12(20)24/h1-2H,3-6H2,(H,18,22)(H,19,21). The molecule has 0 aromatic heterocycles. The fraction of sp³-hybridized carbons (Fsp3) is 0.286. The Morgan fingerprint density at radius 1 is 1.00 bits per heavy atom. The van der Waals surface area contributed by atoms with Crippen LogP contribution >= 0.6 is 0 Å². The highest BCUT2D eigenvalue weighted by Crippen LogP contribution is 2.19. The number of hydrogen-bond donors (Lipinski definition) is 2. The van der Waals surface area contributed by atoms with Gasteiger partial charge < -0.3 is 10.6 Å². The van der Waals surface area contributed by atoms with Crippen molar-refractivity contribution in [1.82, 2.24) is 10.2 Å². The largest absolute Gasteiger partial charge is 0.345 e. The van der Waals surface area contributed by atoms with Crippen LogP contribution in [0.15, 0.2) is 12.1 Å². The zero-order chi connectivity index (χ0) is 17.9. The second kappa shape index (κ2) is 7.11. The fourth-order valence-corrected chi connectivity index (χ4v) is 1.99. The third-order valence-electron chi connectivity index (χ3n) is 3.21. The van der Waals surface area contributed by atoms with Gasteiger partial charge in [0.2, 0.25) is 23.6 Å². The number of benzene rings is 1. The van der Waals surface area contributed by atoms with Crippen LogP contribution < -0.4 is 10.6 Å². The van der Waals surface area contributed by atoms with Gasteiger partial charge in [-0.3, -0.25) is 24.1 Å². The summed E-state index contributed by atoms with van der Waals surface area (Å²) < 4.78 is 39.2. The van der Waals surface area contributed by atoms with Gasteiger partial charge in [-0.25, -0.2) is 13.2 Å². The van der Waals surface area contributed by atoms with Gasteiger partial charge in [-0.05, 0) is 12.1 Å². The van der Waals surface area contributed by atoms with Gasteiger partial charge in [-0.15, -0.1) is 0 Å².